The first-order valence-corrected chi connectivity index (χ1v) is 7.73. The van der Waals surface area contributed by atoms with Crippen molar-refractivity contribution < 1.29 is 0 Å². The Morgan fingerprint density at radius 3 is 2.35 bits per heavy atom. The van der Waals surface area contributed by atoms with E-state index in [1.807, 2.05) is 0 Å². The van der Waals surface area contributed by atoms with E-state index in [1.165, 1.54) is 57.9 Å². The van der Waals surface area contributed by atoms with Crippen LogP contribution >= 0.6 is 0 Å². The number of nitrogens with zero attached hydrogens (tertiary/aromatic N) is 1. The predicted octanol–water partition coefficient (Wildman–Crippen LogP) is 3.38. The van der Waals surface area contributed by atoms with Gasteiger partial charge in [0.1, 0.15) is 0 Å². The molecule has 1 saturated heterocycles. The lowest BCUT2D eigenvalue weighted by molar-refractivity contribution is 0.197. The fraction of sp³-hybridized carbons (Fsp3) is 1.00. The second kappa shape index (κ2) is 6.75. The number of hydrogen-bond donors (Lipinski definition) is 1. The summed E-state index contributed by atoms with van der Waals surface area (Å²) in [4.78, 5) is 2.72. The molecule has 0 aromatic heterocycles. The van der Waals surface area contributed by atoms with Crippen molar-refractivity contribution in [1.82, 2.24) is 10.2 Å². The van der Waals surface area contributed by atoms with Crippen molar-refractivity contribution in [2.24, 2.45) is 5.92 Å². The molecule has 1 aliphatic heterocycles. The van der Waals surface area contributed by atoms with E-state index in [0.29, 0.717) is 0 Å². The van der Waals surface area contributed by atoms with Crippen LogP contribution in [0.15, 0.2) is 0 Å². The summed E-state index contributed by atoms with van der Waals surface area (Å²) in [5, 5.41) is 3.70. The molecule has 0 aromatic rings. The van der Waals surface area contributed by atoms with Gasteiger partial charge in [-0.2, -0.15) is 0 Å². The second-order valence-corrected chi connectivity index (χ2v) is 6.46. The quantitative estimate of drug-likeness (QED) is 0.811. The van der Waals surface area contributed by atoms with Gasteiger partial charge in [-0.25, -0.2) is 0 Å². The molecular formula is C15H30N2. The van der Waals surface area contributed by atoms with E-state index in [4.69, 9.17) is 0 Å². The Morgan fingerprint density at radius 2 is 1.71 bits per heavy atom. The van der Waals surface area contributed by atoms with Crippen LogP contribution in [0.25, 0.3) is 0 Å². The van der Waals surface area contributed by atoms with Crippen LogP contribution in [0.4, 0.5) is 0 Å². The Hall–Kier alpha value is -0.0800. The van der Waals surface area contributed by atoms with Gasteiger partial charge in [0.05, 0.1) is 0 Å². The lowest BCUT2D eigenvalue weighted by atomic mass is 9.95. The van der Waals surface area contributed by atoms with Crippen LogP contribution < -0.4 is 5.32 Å². The molecule has 0 amide bonds. The van der Waals surface area contributed by atoms with Crippen molar-refractivity contribution in [3.63, 3.8) is 0 Å². The van der Waals surface area contributed by atoms with Crippen molar-refractivity contribution in [2.45, 2.75) is 77.3 Å². The minimum Gasteiger partial charge on any atom is -0.300 e. The predicted molar refractivity (Wildman–Crippen MR) is 74.1 cm³/mol. The highest BCUT2D eigenvalue weighted by Gasteiger charge is 2.27. The van der Waals surface area contributed by atoms with Crippen LogP contribution in [0.3, 0.4) is 0 Å². The molecule has 1 atom stereocenters. The summed E-state index contributed by atoms with van der Waals surface area (Å²) in [7, 11) is 0. The minimum absolute atomic E-state index is 0.750. The van der Waals surface area contributed by atoms with Crippen molar-refractivity contribution in [3.05, 3.63) is 0 Å². The minimum atomic E-state index is 0.750. The van der Waals surface area contributed by atoms with Gasteiger partial charge >= 0.3 is 0 Å². The van der Waals surface area contributed by atoms with Crippen molar-refractivity contribution >= 4 is 0 Å². The van der Waals surface area contributed by atoms with E-state index in [0.717, 1.165) is 24.7 Å². The van der Waals surface area contributed by atoms with Gasteiger partial charge in [-0.15, -0.1) is 0 Å². The zero-order chi connectivity index (χ0) is 12.1. The SMILES string of the molecule is CC(C)CC1CN(C2CCCCCCC2)CN1. The molecule has 17 heavy (non-hydrogen) atoms. The lowest BCUT2D eigenvalue weighted by Gasteiger charge is -2.28. The van der Waals surface area contributed by atoms with E-state index in [2.05, 4.69) is 24.1 Å². The van der Waals surface area contributed by atoms with Crippen LogP contribution in [-0.2, 0) is 0 Å². The van der Waals surface area contributed by atoms with Gasteiger partial charge < -0.3 is 5.32 Å². The molecule has 0 aromatic carbocycles. The standard InChI is InChI=1S/C15H30N2/c1-13(2)10-14-11-17(12-16-14)15-8-6-4-3-5-7-9-15/h13-16H,3-12H2,1-2H3. The Labute approximate surface area is 107 Å². The highest BCUT2D eigenvalue weighted by Crippen LogP contribution is 2.23. The van der Waals surface area contributed by atoms with Crippen molar-refractivity contribution in [1.29, 1.82) is 0 Å². The van der Waals surface area contributed by atoms with Crippen LogP contribution in [0.2, 0.25) is 0 Å². The van der Waals surface area contributed by atoms with Crippen molar-refractivity contribution in [3.8, 4) is 0 Å². The number of nitrogens with one attached hydrogen (secondary N) is 1. The first-order valence-electron chi connectivity index (χ1n) is 7.73. The Balaban J connectivity index is 1.77. The fourth-order valence-electron chi connectivity index (χ4n) is 3.46. The zero-order valence-corrected chi connectivity index (χ0v) is 11.8. The first kappa shape index (κ1) is 13.4. The molecule has 1 unspecified atom stereocenters. The molecule has 2 fully saturated rings. The fourth-order valence-corrected chi connectivity index (χ4v) is 3.46. The molecule has 2 rings (SSSR count). The van der Waals surface area contributed by atoms with Crippen LogP contribution in [-0.4, -0.2) is 30.2 Å². The zero-order valence-electron chi connectivity index (χ0n) is 11.8. The number of rotatable bonds is 3. The summed E-state index contributed by atoms with van der Waals surface area (Å²) < 4.78 is 0. The van der Waals surface area contributed by atoms with Gasteiger partial charge in [0.25, 0.3) is 0 Å². The molecule has 1 saturated carbocycles. The average molecular weight is 238 g/mol. The molecule has 2 heteroatoms. The topological polar surface area (TPSA) is 15.3 Å². The molecule has 1 aliphatic carbocycles. The summed E-state index contributed by atoms with van der Waals surface area (Å²) in [5.41, 5.74) is 0. The molecule has 1 N–H and O–H groups in total. The van der Waals surface area contributed by atoms with Crippen molar-refractivity contribution in [2.75, 3.05) is 13.2 Å². The van der Waals surface area contributed by atoms with E-state index in [-0.39, 0.29) is 0 Å². The Kier molecular flexibility index (Phi) is 5.30. The summed E-state index contributed by atoms with van der Waals surface area (Å²) in [6, 6.07) is 1.63. The maximum Gasteiger partial charge on any atom is 0.0486 e. The van der Waals surface area contributed by atoms with E-state index < -0.39 is 0 Å². The molecule has 2 nitrogen and oxygen atoms in total. The summed E-state index contributed by atoms with van der Waals surface area (Å²) >= 11 is 0. The summed E-state index contributed by atoms with van der Waals surface area (Å²) in [6.07, 6.45) is 11.5. The second-order valence-electron chi connectivity index (χ2n) is 6.46. The van der Waals surface area contributed by atoms with Gasteiger partial charge in [-0.3, -0.25) is 4.90 Å². The Bertz CT molecular complexity index is 207. The van der Waals surface area contributed by atoms with E-state index >= 15 is 0 Å². The average Bonchev–Trinajstić information content (AvgIpc) is 2.64. The summed E-state index contributed by atoms with van der Waals surface area (Å²) in [5.74, 6) is 0.824. The molecular weight excluding hydrogens is 208 g/mol. The van der Waals surface area contributed by atoms with Gasteiger partial charge in [-0.05, 0) is 25.2 Å². The van der Waals surface area contributed by atoms with Gasteiger partial charge in [0.2, 0.25) is 0 Å². The third-order valence-corrected chi connectivity index (χ3v) is 4.38. The van der Waals surface area contributed by atoms with Crippen LogP contribution in [0.5, 0.6) is 0 Å². The lowest BCUT2D eigenvalue weighted by Crippen LogP contribution is -2.34. The molecule has 0 bridgehead atoms. The highest BCUT2D eigenvalue weighted by atomic mass is 15.3. The van der Waals surface area contributed by atoms with E-state index in [1.54, 1.807) is 0 Å². The van der Waals surface area contributed by atoms with Gasteiger partial charge in [0.15, 0.2) is 0 Å². The molecule has 1 heterocycles. The van der Waals surface area contributed by atoms with Crippen LogP contribution in [0.1, 0.15) is 65.2 Å². The largest absolute Gasteiger partial charge is 0.300 e. The third-order valence-electron chi connectivity index (χ3n) is 4.38. The van der Waals surface area contributed by atoms with Gasteiger partial charge in [-0.1, -0.05) is 46.0 Å². The van der Waals surface area contributed by atoms with Crippen LogP contribution in [0, 0.1) is 5.92 Å². The highest BCUT2D eigenvalue weighted by molar-refractivity contribution is 4.84. The maximum atomic E-state index is 3.70. The molecule has 0 radical (unpaired) electrons. The summed E-state index contributed by atoms with van der Waals surface area (Å²) in [6.45, 7) is 7.10. The van der Waals surface area contributed by atoms with E-state index in [9.17, 15) is 0 Å². The Morgan fingerprint density at radius 1 is 1.06 bits per heavy atom. The molecule has 2 aliphatic rings. The smallest absolute Gasteiger partial charge is 0.0486 e. The normalized spacial score (nSPS) is 29.5. The first-order chi connectivity index (χ1) is 8.25. The monoisotopic (exact) mass is 238 g/mol. The third kappa shape index (κ3) is 4.26. The molecule has 0 spiro atoms. The maximum absolute atomic E-state index is 3.70. The number of hydrogen-bond acceptors (Lipinski definition) is 2. The van der Waals surface area contributed by atoms with Gasteiger partial charge in [0, 0.05) is 25.3 Å². The molecule has 100 valence electrons.